The Morgan fingerprint density at radius 2 is 1.71 bits per heavy atom. The summed E-state index contributed by atoms with van der Waals surface area (Å²) in [4.78, 5) is 41.4. The maximum atomic E-state index is 12.6. The highest BCUT2D eigenvalue weighted by molar-refractivity contribution is 7.80. The van der Waals surface area contributed by atoms with Gasteiger partial charge in [0.25, 0.3) is 17.7 Å². The molecule has 28 heavy (non-hydrogen) atoms. The van der Waals surface area contributed by atoms with Gasteiger partial charge in [-0.15, -0.1) is 0 Å². The van der Waals surface area contributed by atoms with Gasteiger partial charge in [0.05, 0.1) is 12.0 Å². The first kappa shape index (κ1) is 21.7. The van der Waals surface area contributed by atoms with E-state index in [1.54, 1.807) is 20.8 Å². The lowest BCUT2D eigenvalue weighted by atomic mass is 9.82. The van der Waals surface area contributed by atoms with Gasteiger partial charge in [-0.2, -0.15) is 5.26 Å². The predicted octanol–water partition coefficient (Wildman–Crippen LogP) is 0.791. The van der Waals surface area contributed by atoms with Gasteiger partial charge in [-0.1, -0.05) is 19.6 Å². The third kappa shape index (κ3) is 3.57. The molecule has 8 nitrogen and oxygen atoms in total. The molecule has 0 aromatic heterocycles. The third-order valence-corrected chi connectivity index (χ3v) is 5.62. The average molecular weight is 404 g/mol. The molecule has 3 atom stereocenters. The molecule has 0 radical (unpaired) electrons. The van der Waals surface area contributed by atoms with Crippen LogP contribution in [0, 0.1) is 23.2 Å². The van der Waals surface area contributed by atoms with E-state index in [9.17, 15) is 24.8 Å². The Morgan fingerprint density at radius 3 is 2.18 bits per heavy atom. The fourth-order valence-electron chi connectivity index (χ4n) is 3.36. The van der Waals surface area contributed by atoms with Crippen molar-refractivity contribution in [1.82, 2.24) is 14.7 Å². The van der Waals surface area contributed by atoms with Gasteiger partial charge in [0.15, 0.2) is 5.11 Å². The standard InChI is InChI=1S/C19H24N4O4S/c1-5-21-16(25)13(17(26)22(6-2)19(21)28)8-7-9-23-15(24)12(4)11(3)14(10-20)18(23)27/h8,11,14,18,27H,4-7,9H2,1-3H3. The maximum absolute atomic E-state index is 12.6. The Hall–Kier alpha value is -2.57. The molecule has 2 saturated heterocycles. The summed E-state index contributed by atoms with van der Waals surface area (Å²) in [5, 5.41) is 19.8. The van der Waals surface area contributed by atoms with Crippen molar-refractivity contribution in [1.29, 1.82) is 5.26 Å². The monoisotopic (exact) mass is 404 g/mol. The van der Waals surface area contributed by atoms with Crippen LogP contribution in [0.5, 0.6) is 0 Å². The number of aliphatic hydroxyl groups is 1. The molecular weight excluding hydrogens is 380 g/mol. The number of hydrogen-bond donors (Lipinski definition) is 1. The van der Waals surface area contributed by atoms with Gasteiger partial charge in [0.1, 0.15) is 11.8 Å². The Labute approximate surface area is 169 Å². The van der Waals surface area contributed by atoms with Crippen LogP contribution < -0.4 is 0 Å². The highest BCUT2D eigenvalue weighted by Crippen LogP contribution is 2.31. The first-order valence-corrected chi connectivity index (χ1v) is 9.57. The van der Waals surface area contributed by atoms with Crippen molar-refractivity contribution in [3.8, 4) is 6.07 Å². The Balaban J connectivity index is 2.20. The van der Waals surface area contributed by atoms with Crippen LogP contribution in [-0.2, 0) is 14.4 Å². The van der Waals surface area contributed by atoms with Crippen molar-refractivity contribution >= 4 is 35.1 Å². The zero-order valence-electron chi connectivity index (χ0n) is 16.2. The molecule has 0 bridgehead atoms. The lowest BCUT2D eigenvalue weighted by molar-refractivity contribution is -0.146. The molecule has 2 aliphatic rings. The van der Waals surface area contributed by atoms with E-state index in [0.29, 0.717) is 13.1 Å². The second-order valence-electron chi connectivity index (χ2n) is 6.67. The van der Waals surface area contributed by atoms with Gasteiger partial charge in [-0.25, -0.2) is 0 Å². The molecular formula is C19H24N4O4S. The summed E-state index contributed by atoms with van der Waals surface area (Å²) < 4.78 is 0. The third-order valence-electron chi connectivity index (χ3n) is 5.18. The van der Waals surface area contributed by atoms with E-state index in [0.717, 1.165) is 4.90 Å². The minimum absolute atomic E-state index is 0.0136. The number of piperidine rings is 1. The number of nitrogens with zero attached hydrogens (tertiary/aromatic N) is 4. The zero-order valence-corrected chi connectivity index (χ0v) is 17.0. The molecule has 0 aromatic carbocycles. The summed E-state index contributed by atoms with van der Waals surface area (Å²) in [6.07, 6.45) is 0.359. The minimum atomic E-state index is -1.26. The number of aliphatic hydroxyl groups excluding tert-OH is 1. The number of hydrogen-bond acceptors (Lipinski definition) is 6. The molecule has 1 N–H and O–H groups in total. The highest BCUT2D eigenvalue weighted by Gasteiger charge is 2.42. The van der Waals surface area contributed by atoms with Crippen molar-refractivity contribution in [3.63, 3.8) is 0 Å². The van der Waals surface area contributed by atoms with Crippen LogP contribution in [-0.4, -0.2) is 68.5 Å². The van der Waals surface area contributed by atoms with E-state index in [1.165, 1.54) is 15.9 Å². The van der Waals surface area contributed by atoms with Crippen molar-refractivity contribution in [2.24, 2.45) is 11.8 Å². The fourth-order valence-corrected chi connectivity index (χ4v) is 3.79. The predicted molar refractivity (Wildman–Crippen MR) is 105 cm³/mol. The summed E-state index contributed by atoms with van der Waals surface area (Å²) in [6, 6.07) is 2.01. The van der Waals surface area contributed by atoms with E-state index in [1.807, 2.05) is 6.07 Å². The van der Waals surface area contributed by atoms with Crippen LogP contribution in [0.1, 0.15) is 27.2 Å². The van der Waals surface area contributed by atoms with Crippen molar-refractivity contribution in [2.45, 2.75) is 33.4 Å². The Bertz CT molecular complexity index is 772. The van der Waals surface area contributed by atoms with Gasteiger partial charge in [0, 0.05) is 31.1 Å². The molecule has 3 unspecified atom stereocenters. The van der Waals surface area contributed by atoms with Crippen LogP contribution >= 0.6 is 12.2 Å². The molecule has 2 fully saturated rings. The molecule has 2 heterocycles. The van der Waals surface area contributed by atoms with Crippen LogP contribution in [0.15, 0.2) is 23.8 Å². The number of carbonyl (C=O) groups excluding carboxylic acids is 3. The quantitative estimate of drug-likeness (QED) is 0.413. The van der Waals surface area contributed by atoms with Crippen LogP contribution in [0.25, 0.3) is 0 Å². The average Bonchev–Trinajstić information content (AvgIpc) is 2.66. The van der Waals surface area contributed by atoms with E-state index in [4.69, 9.17) is 12.2 Å². The minimum Gasteiger partial charge on any atom is -0.372 e. The van der Waals surface area contributed by atoms with E-state index >= 15 is 0 Å². The van der Waals surface area contributed by atoms with Crippen LogP contribution in [0.4, 0.5) is 0 Å². The van der Waals surface area contributed by atoms with Crippen LogP contribution in [0.2, 0.25) is 0 Å². The van der Waals surface area contributed by atoms with Crippen molar-refractivity contribution < 1.29 is 19.5 Å². The largest absolute Gasteiger partial charge is 0.372 e. The first-order chi connectivity index (χ1) is 13.2. The number of nitriles is 1. The second kappa shape index (κ2) is 8.63. The molecule has 9 heteroatoms. The molecule has 0 aromatic rings. The summed E-state index contributed by atoms with van der Waals surface area (Å²) in [6.45, 7) is 9.66. The Morgan fingerprint density at radius 1 is 1.18 bits per heavy atom. The first-order valence-electron chi connectivity index (χ1n) is 9.16. The summed E-state index contributed by atoms with van der Waals surface area (Å²) >= 11 is 5.21. The smallest absolute Gasteiger partial charge is 0.265 e. The molecule has 0 aliphatic carbocycles. The van der Waals surface area contributed by atoms with E-state index in [2.05, 4.69) is 6.58 Å². The number of amides is 3. The molecule has 150 valence electrons. The molecule has 3 amide bonds. The summed E-state index contributed by atoms with van der Waals surface area (Å²) in [7, 11) is 0. The molecule has 2 rings (SSSR count). The van der Waals surface area contributed by atoms with Crippen LogP contribution in [0.3, 0.4) is 0 Å². The fraction of sp³-hybridized carbons (Fsp3) is 0.526. The van der Waals surface area contributed by atoms with Crippen molar-refractivity contribution in [3.05, 3.63) is 23.8 Å². The molecule has 0 spiro atoms. The highest BCUT2D eigenvalue weighted by atomic mass is 32.1. The van der Waals surface area contributed by atoms with Gasteiger partial charge in [-0.05, 0) is 32.5 Å². The van der Waals surface area contributed by atoms with Crippen molar-refractivity contribution in [2.75, 3.05) is 19.6 Å². The summed E-state index contributed by atoms with van der Waals surface area (Å²) in [5.41, 5.74) is 0.245. The lowest BCUT2D eigenvalue weighted by Crippen LogP contribution is -2.56. The van der Waals surface area contributed by atoms with Gasteiger partial charge in [-0.3, -0.25) is 24.2 Å². The van der Waals surface area contributed by atoms with Gasteiger partial charge in [0.2, 0.25) is 0 Å². The second-order valence-corrected chi connectivity index (χ2v) is 7.03. The SMILES string of the molecule is C=C1C(=O)N(CCC=C2C(=O)N(CC)C(=S)N(CC)C2=O)C(O)C(C#N)C1C. The number of carbonyl (C=O) groups is 3. The van der Waals surface area contributed by atoms with E-state index in [-0.39, 0.29) is 29.2 Å². The van der Waals surface area contributed by atoms with Gasteiger partial charge >= 0.3 is 0 Å². The number of likely N-dealkylation sites (N-methyl/N-ethyl adjacent to an activating group) is 2. The summed E-state index contributed by atoms with van der Waals surface area (Å²) in [5.74, 6) is -2.60. The zero-order chi connectivity index (χ0) is 21.2. The van der Waals surface area contributed by atoms with E-state index < -0.39 is 35.8 Å². The lowest BCUT2D eigenvalue weighted by Gasteiger charge is -2.39. The number of thiocarbonyl (C=S) groups is 1. The van der Waals surface area contributed by atoms with Gasteiger partial charge < -0.3 is 10.0 Å². The maximum Gasteiger partial charge on any atom is 0.265 e. The molecule has 0 saturated carbocycles. The number of likely N-dealkylation sites (tertiary alicyclic amines) is 1. The molecule has 2 aliphatic heterocycles. The topological polar surface area (TPSA) is 105 Å². The normalized spacial score (nSPS) is 26.1. The number of rotatable bonds is 5. The Kier molecular flexibility index (Phi) is 6.69.